The van der Waals surface area contributed by atoms with Crippen LogP contribution in [0, 0.1) is 12.8 Å². The standard InChI is InChI=1S/C23H25N2/c1-16(2)15-25-22-11-6-5-9-18(22)20-14-19(17(3)13-23(20)25)21-10-7-8-12-24(21)4/h5-14,16H,15H2,1-4H3/q+1. The first-order valence-electron chi connectivity index (χ1n) is 9.03. The van der Waals surface area contributed by atoms with Gasteiger partial charge in [-0.15, -0.1) is 0 Å². The second-order valence-corrected chi connectivity index (χ2v) is 7.40. The molecule has 0 amide bonds. The predicted octanol–water partition coefficient (Wildman–Crippen LogP) is 5.25. The Kier molecular flexibility index (Phi) is 3.84. The maximum atomic E-state index is 2.48. The zero-order valence-electron chi connectivity index (χ0n) is 15.5. The van der Waals surface area contributed by atoms with E-state index in [-0.39, 0.29) is 0 Å². The van der Waals surface area contributed by atoms with Gasteiger partial charge in [0.15, 0.2) is 6.20 Å². The smallest absolute Gasteiger partial charge is 0.212 e. The van der Waals surface area contributed by atoms with Crippen LogP contribution < -0.4 is 4.57 Å². The number of hydrogen-bond acceptors (Lipinski definition) is 0. The summed E-state index contributed by atoms with van der Waals surface area (Å²) in [6, 6.07) is 19.9. The number of pyridine rings is 1. The van der Waals surface area contributed by atoms with Gasteiger partial charge < -0.3 is 4.57 Å². The highest BCUT2D eigenvalue weighted by Crippen LogP contribution is 2.34. The number of fused-ring (bicyclic) bond motifs is 3. The van der Waals surface area contributed by atoms with Crippen molar-refractivity contribution in [2.75, 3.05) is 0 Å². The zero-order chi connectivity index (χ0) is 17.6. The van der Waals surface area contributed by atoms with E-state index in [2.05, 4.69) is 97.7 Å². The van der Waals surface area contributed by atoms with E-state index >= 15 is 0 Å². The number of nitrogens with zero attached hydrogens (tertiary/aromatic N) is 2. The molecular formula is C23H25N2+. The van der Waals surface area contributed by atoms with Gasteiger partial charge in [-0.25, -0.2) is 4.57 Å². The minimum absolute atomic E-state index is 0.617. The summed E-state index contributed by atoms with van der Waals surface area (Å²) < 4.78 is 4.68. The van der Waals surface area contributed by atoms with Crippen LogP contribution >= 0.6 is 0 Å². The fourth-order valence-electron chi connectivity index (χ4n) is 3.84. The van der Waals surface area contributed by atoms with Gasteiger partial charge in [0.25, 0.3) is 0 Å². The first kappa shape index (κ1) is 15.9. The molecule has 2 aromatic carbocycles. The van der Waals surface area contributed by atoms with Crippen molar-refractivity contribution in [3.05, 3.63) is 66.4 Å². The Morgan fingerprint density at radius 3 is 2.44 bits per heavy atom. The van der Waals surface area contributed by atoms with Crippen LogP contribution in [-0.2, 0) is 13.6 Å². The molecular weight excluding hydrogens is 304 g/mol. The van der Waals surface area contributed by atoms with Crippen LogP contribution in [0.2, 0.25) is 0 Å². The van der Waals surface area contributed by atoms with Crippen LogP contribution in [0.15, 0.2) is 60.8 Å². The number of aromatic nitrogens is 2. The van der Waals surface area contributed by atoms with E-state index in [0.29, 0.717) is 5.92 Å². The highest BCUT2D eigenvalue weighted by molar-refractivity contribution is 6.09. The van der Waals surface area contributed by atoms with Crippen molar-refractivity contribution in [1.82, 2.24) is 4.57 Å². The lowest BCUT2D eigenvalue weighted by Gasteiger charge is -2.11. The van der Waals surface area contributed by atoms with E-state index in [1.54, 1.807) is 0 Å². The normalized spacial score (nSPS) is 11.7. The number of benzene rings is 2. The van der Waals surface area contributed by atoms with Gasteiger partial charge in [-0.05, 0) is 42.7 Å². The highest BCUT2D eigenvalue weighted by Gasteiger charge is 2.17. The minimum atomic E-state index is 0.617. The van der Waals surface area contributed by atoms with Crippen LogP contribution in [-0.4, -0.2) is 4.57 Å². The average Bonchev–Trinajstić information content (AvgIpc) is 2.88. The van der Waals surface area contributed by atoms with E-state index in [0.717, 1.165) is 6.54 Å². The SMILES string of the molecule is Cc1cc2c(cc1-c1cccc[n+]1C)c1ccccc1n2CC(C)C. The average molecular weight is 329 g/mol. The Balaban J connectivity index is 2.07. The maximum absolute atomic E-state index is 2.48. The van der Waals surface area contributed by atoms with Gasteiger partial charge in [-0.1, -0.05) is 32.0 Å². The summed E-state index contributed by atoms with van der Waals surface area (Å²) in [6.45, 7) is 7.83. The van der Waals surface area contributed by atoms with Gasteiger partial charge in [-0.3, -0.25) is 0 Å². The molecule has 4 aromatic rings. The maximum Gasteiger partial charge on any atom is 0.212 e. The largest absolute Gasteiger partial charge is 0.340 e. The monoisotopic (exact) mass is 329 g/mol. The molecule has 2 heteroatoms. The van der Waals surface area contributed by atoms with Crippen molar-refractivity contribution in [2.24, 2.45) is 13.0 Å². The fraction of sp³-hybridized carbons (Fsp3) is 0.261. The van der Waals surface area contributed by atoms with E-state index in [4.69, 9.17) is 0 Å². The number of rotatable bonds is 3. The third-order valence-electron chi connectivity index (χ3n) is 5.00. The second-order valence-electron chi connectivity index (χ2n) is 7.40. The third kappa shape index (κ3) is 2.62. The summed E-state index contributed by atoms with van der Waals surface area (Å²) in [5, 5.41) is 2.69. The zero-order valence-corrected chi connectivity index (χ0v) is 15.5. The Bertz CT molecular complexity index is 1070. The predicted molar refractivity (Wildman–Crippen MR) is 106 cm³/mol. The lowest BCUT2D eigenvalue weighted by atomic mass is 10.0. The molecule has 0 saturated heterocycles. The Morgan fingerprint density at radius 2 is 1.68 bits per heavy atom. The molecule has 0 spiro atoms. The van der Waals surface area contributed by atoms with Crippen molar-refractivity contribution >= 4 is 21.8 Å². The molecule has 2 aromatic heterocycles. The molecule has 0 saturated carbocycles. The minimum Gasteiger partial charge on any atom is -0.340 e. The summed E-state index contributed by atoms with van der Waals surface area (Å²) in [6.07, 6.45) is 2.11. The summed E-state index contributed by atoms with van der Waals surface area (Å²) in [7, 11) is 2.11. The Morgan fingerprint density at radius 1 is 0.920 bits per heavy atom. The molecule has 0 atom stereocenters. The quantitative estimate of drug-likeness (QED) is 0.454. The molecule has 0 bridgehead atoms. The van der Waals surface area contributed by atoms with Crippen molar-refractivity contribution in [2.45, 2.75) is 27.3 Å². The number of para-hydroxylation sites is 1. The van der Waals surface area contributed by atoms with E-state index < -0.39 is 0 Å². The van der Waals surface area contributed by atoms with Crippen LogP contribution in [0.1, 0.15) is 19.4 Å². The molecule has 0 aliphatic heterocycles. The molecule has 0 aliphatic rings. The summed E-state index contributed by atoms with van der Waals surface area (Å²) >= 11 is 0. The summed E-state index contributed by atoms with van der Waals surface area (Å²) in [5.41, 5.74) is 6.56. The molecule has 126 valence electrons. The van der Waals surface area contributed by atoms with E-state index in [9.17, 15) is 0 Å². The van der Waals surface area contributed by atoms with E-state index in [1.165, 1.54) is 38.6 Å². The molecule has 0 fully saturated rings. The lowest BCUT2D eigenvalue weighted by molar-refractivity contribution is -0.660. The van der Waals surface area contributed by atoms with Crippen molar-refractivity contribution < 1.29 is 4.57 Å². The van der Waals surface area contributed by atoms with Gasteiger partial charge in [0.05, 0.1) is 0 Å². The van der Waals surface area contributed by atoms with Crippen molar-refractivity contribution in [3.63, 3.8) is 0 Å². The molecule has 0 N–H and O–H groups in total. The summed E-state index contributed by atoms with van der Waals surface area (Å²) in [4.78, 5) is 0. The van der Waals surface area contributed by atoms with E-state index in [1.807, 2.05) is 0 Å². The molecule has 25 heavy (non-hydrogen) atoms. The molecule has 2 nitrogen and oxygen atoms in total. The van der Waals surface area contributed by atoms with Crippen LogP contribution in [0.3, 0.4) is 0 Å². The molecule has 0 radical (unpaired) electrons. The summed E-state index contributed by atoms with van der Waals surface area (Å²) in [5.74, 6) is 0.617. The van der Waals surface area contributed by atoms with Gasteiger partial charge in [0.2, 0.25) is 5.69 Å². The second kappa shape index (κ2) is 6.03. The molecule has 0 unspecified atom stereocenters. The first-order valence-corrected chi connectivity index (χ1v) is 9.03. The first-order chi connectivity index (χ1) is 12.1. The Hall–Kier alpha value is -2.61. The molecule has 2 heterocycles. The van der Waals surface area contributed by atoms with Crippen molar-refractivity contribution in [3.8, 4) is 11.3 Å². The van der Waals surface area contributed by atoms with Gasteiger partial charge >= 0.3 is 0 Å². The molecule has 4 rings (SSSR count). The van der Waals surface area contributed by atoms with Crippen LogP contribution in [0.5, 0.6) is 0 Å². The van der Waals surface area contributed by atoms with Crippen molar-refractivity contribution in [1.29, 1.82) is 0 Å². The Labute approximate surface area is 149 Å². The highest BCUT2D eigenvalue weighted by atomic mass is 15.0. The van der Waals surface area contributed by atoms with Gasteiger partial charge in [0.1, 0.15) is 7.05 Å². The van der Waals surface area contributed by atoms with Gasteiger partial charge in [-0.2, -0.15) is 0 Å². The molecule has 0 aliphatic carbocycles. The van der Waals surface area contributed by atoms with Crippen LogP contribution in [0.25, 0.3) is 33.1 Å². The number of aryl methyl sites for hydroxylation is 2. The van der Waals surface area contributed by atoms with Crippen LogP contribution in [0.4, 0.5) is 0 Å². The fourth-order valence-corrected chi connectivity index (χ4v) is 3.84. The number of hydrogen-bond donors (Lipinski definition) is 0. The third-order valence-corrected chi connectivity index (χ3v) is 5.00. The lowest BCUT2D eigenvalue weighted by Crippen LogP contribution is -2.30. The topological polar surface area (TPSA) is 8.81 Å². The van der Waals surface area contributed by atoms with Gasteiger partial charge in [0, 0.05) is 46.0 Å².